The molecule has 1 saturated heterocycles. The first-order valence-electron chi connectivity index (χ1n) is 10.6. The zero-order valence-corrected chi connectivity index (χ0v) is 18.0. The van der Waals surface area contributed by atoms with Gasteiger partial charge >= 0.3 is 0 Å². The first-order valence-corrected chi connectivity index (χ1v) is 10.6. The van der Waals surface area contributed by atoms with E-state index in [1.165, 1.54) is 19.1 Å². The summed E-state index contributed by atoms with van der Waals surface area (Å²) in [6.45, 7) is 4.48. The molecular formula is C24H25FN4O3. The average Bonchev–Trinajstić information content (AvgIpc) is 3.41. The van der Waals surface area contributed by atoms with Crippen LogP contribution in [0.1, 0.15) is 35.8 Å². The predicted molar refractivity (Wildman–Crippen MR) is 119 cm³/mol. The lowest BCUT2D eigenvalue weighted by Gasteiger charge is -2.12. The lowest BCUT2D eigenvalue weighted by Crippen LogP contribution is -2.31. The van der Waals surface area contributed by atoms with Gasteiger partial charge in [-0.25, -0.2) is 9.07 Å². The van der Waals surface area contributed by atoms with Gasteiger partial charge in [-0.15, -0.1) is 0 Å². The molecule has 0 saturated carbocycles. The molecule has 2 amide bonds. The number of hydrogen-bond acceptors (Lipinski definition) is 4. The van der Waals surface area contributed by atoms with Crippen LogP contribution in [0, 0.1) is 12.7 Å². The third kappa shape index (κ3) is 4.70. The van der Waals surface area contributed by atoms with Crippen LogP contribution in [0.2, 0.25) is 0 Å². The van der Waals surface area contributed by atoms with E-state index in [0.717, 1.165) is 25.0 Å². The summed E-state index contributed by atoms with van der Waals surface area (Å²) < 4.78 is 20.5. The van der Waals surface area contributed by atoms with Gasteiger partial charge in [0.05, 0.1) is 17.5 Å². The predicted octanol–water partition coefficient (Wildman–Crippen LogP) is 3.85. The third-order valence-electron chi connectivity index (χ3n) is 5.38. The highest BCUT2D eigenvalue weighted by Gasteiger charge is 2.20. The molecular weight excluding hydrogens is 411 g/mol. The maximum Gasteiger partial charge on any atom is 0.251 e. The maximum atomic E-state index is 13.4. The number of anilines is 1. The first kappa shape index (κ1) is 21.7. The normalized spacial score (nSPS) is 15.5. The van der Waals surface area contributed by atoms with Gasteiger partial charge in [-0.2, -0.15) is 5.10 Å². The quantitative estimate of drug-likeness (QED) is 0.615. The molecule has 8 heteroatoms. The lowest BCUT2D eigenvalue weighted by atomic mass is 10.1. The van der Waals surface area contributed by atoms with E-state index in [1.807, 2.05) is 6.92 Å². The molecule has 1 atom stereocenters. The standard InChI is InChI=1S/C24H25FN4O3/c1-15-22(17-5-9-19(25)10-6-17)23(27-16(2)30)29(28-15)20-11-7-18(8-12-20)24(31)26-14-21-4-3-13-32-21/h5-12,21H,3-4,13-14H2,1-2H3,(H,26,31)(H,27,30). The second-order valence-electron chi connectivity index (χ2n) is 7.80. The first-order chi connectivity index (χ1) is 15.4. The summed E-state index contributed by atoms with van der Waals surface area (Å²) >= 11 is 0. The minimum absolute atomic E-state index is 0.0790. The Bertz CT molecular complexity index is 1120. The van der Waals surface area contributed by atoms with Crippen molar-refractivity contribution in [2.45, 2.75) is 32.8 Å². The van der Waals surface area contributed by atoms with Crippen LogP contribution in [0.15, 0.2) is 48.5 Å². The van der Waals surface area contributed by atoms with Gasteiger partial charge in [-0.05, 0) is 61.7 Å². The number of carbonyl (C=O) groups excluding carboxylic acids is 2. The van der Waals surface area contributed by atoms with E-state index in [2.05, 4.69) is 15.7 Å². The van der Waals surface area contributed by atoms with Gasteiger partial charge in [-0.1, -0.05) is 12.1 Å². The van der Waals surface area contributed by atoms with Crippen molar-refractivity contribution in [1.29, 1.82) is 0 Å². The molecule has 3 aromatic rings. The molecule has 4 rings (SSSR count). The average molecular weight is 436 g/mol. The van der Waals surface area contributed by atoms with Crippen molar-refractivity contribution < 1.29 is 18.7 Å². The van der Waals surface area contributed by atoms with Gasteiger partial charge in [0.2, 0.25) is 5.91 Å². The van der Waals surface area contributed by atoms with Crippen LogP contribution in [-0.4, -0.2) is 40.9 Å². The number of aryl methyl sites for hydroxylation is 1. The summed E-state index contributed by atoms with van der Waals surface area (Å²) in [6, 6.07) is 13.0. The van der Waals surface area contributed by atoms with Crippen LogP contribution in [0.4, 0.5) is 10.2 Å². The van der Waals surface area contributed by atoms with E-state index in [4.69, 9.17) is 4.74 Å². The Morgan fingerprint density at radius 3 is 2.50 bits per heavy atom. The van der Waals surface area contributed by atoms with Crippen LogP contribution < -0.4 is 10.6 Å². The minimum Gasteiger partial charge on any atom is -0.376 e. The largest absolute Gasteiger partial charge is 0.376 e. The third-order valence-corrected chi connectivity index (χ3v) is 5.38. The van der Waals surface area contributed by atoms with Crippen molar-refractivity contribution in [3.05, 3.63) is 65.6 Å². The smallest absolute Gasteiger partial charge is 0.251 e. The van der Waals surface area contributed by atoms with Crippen LogP contribution in [0.3, 0.4) is 0 Å². The molecule has 2 N–H and O–H groups in total. The fourth-order valence-electron chi connectivity index (χ4n) is 3.83. The topological polar surface area (TPSA) is 85.2 Å². The van der Waals surface area contributed by atoms with E-state index in [9.17, 15) is 14.0 Å². The van der Waals surface area contributed by atoms with Gasteiger partial charge < -0.3 is 15.4 Å². The number of amides is 2. The molecule has 0 spiro atoms. The monoisotopic (exact) mass is 436 g/mol. The SMILES string of the molecule is CC(=O)Nc1c(-c2ccc(F)cc2)c(C)nn1-c1ccc(C(=O)NCC2CCCO2)cc1. The van der Waals surface area contributed by atoms with Gasteiger partial charge in [0.25, 0.3) is 5.91 Å². The highest BCUT2D eigenvalue weighted by molar-refractivity contribution is 5.95. The zero-order valence-electron chi connectivity index (χ0n) is 18.0. The van der Waals surface area contributed by atoms with Crippen LogP contribution in [-0.2, 0) is 9.53 Å². The van der Waals surface area contributed by atoms with E-state index >= 15 is 0 Å². The summed E-state index contributed by atoms with van der Waals surface area (Å²) in [7, 11) is 0. The van der Waals surface area contributed by atoms with Crippen molar-refractivity contribution in [1.82, 2.24) is 15.1 Å². The number of hydrogen-bond donors (Lipinski definition) is 2. The fourth-order valence-corrected chi connectivity index (χ4v) is 3.83. The number of nitrogens with one attached hydrogen (secondary N) is 2. The van der Waals surface area contributed by atoms with E-state index in [1.54, 1.807) is 41.1 Å². The Balaban J connectivity index is 1.61. The Hall–Kier alpha value is -3.52. The zero-order chi connectivity index (χ0) is 22.7. The second-order valence-corrected chi connectivity index (χ2v) is 7.80. The van der Waals surface area contributed by atoms with E-state index < -0.39 is 0 Å². The molecule has 1 aliphatic heterocycles. The van der Waals surface area contributed by atoms with Gasteiger partial charge in [-0.3, -0.25) is 9.59 Å². The molecule has 166 valence electrons. The molecule has 0 radical (unpaired) electrons. The van der Waals surface area contributed by atoms with E-state index in [0.29, 0.717) is 34.9 Å². The van der Waals surface area contributed by atoms with Crippen LogP contribution >= 0.6 is 0 Å². The Morgan fingerprint density at radius 1 is 1.16 bits per heavy atom. The second kappa shape index (κ2) is 9.32. The molecule has 7 nitrogen and oxygen atoms in total. The number of ether oxygens (including phenoxy) is 1. The number of benzene rings is 2. The van der Waals surface area contributed by atoms with Crippen LogP contribution in [0.5, 0.6) is 0 Å². The maximum absolute atomic E-state index is 13.4. The Kier molecular flexibility index (Phi) is 6.32. The molecule has 2 heterocycles. The summed E-state index contributed by atoms with van der Waals surface area (Å²) in [6.07, 6.45) is 2.06. The number of rotatable bonds is 6. The molecule has 0 aliphatic carbocycles. The molecule has 2 aromatic carbocycles. The van der Waals surface area contributed by atoms with E-state index in [-0.39, 0.29) is 23.7 Å². The summed E-state index contributed by atoms with van der Waals surface area (Å²) in [5.41, 5.74) is 3.33. The van der Waals surface area contributed by atoms with Crippen molar-refractivity contribution in [3.8, 4) is 16.8 Å². The summed E-state index contributed by atoms with van der Waals surface area (Å²) in [5.74, 6) is -0.275. The molecule has 1 aromatic heterocycles. The highest BCUT2D eigenvalue weighted by Crippen LogP contribution is 2.33. The molecule has 1 unspecified atom stereocenters. The van der Waals surface area contributed by atoms with Crippen molar-refractivity contribution in [2.75, 3.05) is 18.5 Å². The van der Waals surface area contributed by atoms with Gasteiger partial charge in [0, 0.05) is 31.2 Å². The lowest BCUT2D eigenvalue weighted by molar-refractivity contribution is -0.114. The summed E-state index contributed by atoms with van der Waals surface area (Å²) in [5, 5.41) is 10.3. The number of halogens is 1. The fraction of sp³-hybridized carbons (Fsp3) is 0.292. The minimum atomic E-state index is -0.340. The molecule has 0 bridgehead atoms. The van der Waals surface area contributed by atoms with Crippen molar-refractivity contribution in [3.63, 3.8) is 0 Å². The number of aromatic nitrogens is 2. The van der Waals surface area contributed by atoms with Crippen LogP contribution in [0.25, 0.3) is 16.8 Å². The van der Waals surface area contributed by atoms with Gasteiger partial charge in [0.15, 0.2) is 0 Å². The molecule has 1 aliphatic rings. The van der Waals surface area contributed by atoms with Crippen molar-refractivity contribution >= 4 is 17.6 Å². The van der Waals surface area contributed by atoms with Crippen molar-refractivity contribution in [2.24, 2.45) is 0 Å². The summed E-state index contributed by atoms with van der Waals surface area (Å²) in [4.78, 5) is 24.3. The Morgan fingerprint density at radius 2 is 1.88 bits per heavy atom. The van der Waals surface area contributed by atoms with Gasteiger partial charge in [0.1, 0.15) is 11.6 Å². The highest BCUT2D eigenvalue weighted by atomic mass is 19.1. The molecule has 32 heavy (non-hydrogen) atoms. The Labute approximate surface area is 185 Å². The molecule has 1 fully saturated rings. The number of nitrogens with zero attached hydrogens (tertiary/aromatic N) is 2. The number of carbonyl (C=O) groups is 2.